The number of fused-ring (bicyclic) bond motifs is 1. The number of rotatable bonds is 2. The van der Waals surface area contributed by atoms with Crippen molar-refractivity contribution in [3.63, 3.8) is 0 Å². The molecule has 1 aliphatic carbocycles. The summed E-state index contributed by atoms with van der Waals surface area (Å²) in [6.45, 7) is 0.801. The summed E-state index contributed by atoms with van der Waals surface area (Å²) in [4.78, 5) is 38.5. The first-order valence-electron chi connectivity index (χ1n) is 8.74. The molecule has 130 valence electrons. The normalized spacial score (nSPS) is 24.2. The molecule has 6 nitrogen and oxygen atoms in total. The van der Waals surface area contributed by atoms with Crippen molar-refractivity contribution < 1.29 is 4.79 Å². The first kappa shape index (κ1) is 16.7. The number of likely N-dealkylation sites (tertiary alicyclic amines) is 1. The van der Waals surface area contributed by atoms with Gasteiger partial charge in [-0.3, -0.25) is 14.2 Å². The van der Waals surface area contributed by atoms with Crippen LogP contribution in [0.1, 0.15) is 44.1 Å². The average Bonchev–Trinajstić information content (AvgIpc) is 2.61. The van der Waals surface area contributed by atoms with Gasteiger partial charge in [-0.2, -0.15) is 0 Å². The number of aryl methyl sites for hydroxylation is 1. The molecule has 0 spiro atoms. The summed E-state index contributed by atoms with van der Waals surface area (Å²) >= 11 is 0. The summed E-state index contributed by atoms with van der Waals surface area (Å²) in [6, 6.07) is 0.354. The van der Waals surface area contributed by atoms with E-state index in [-0.39, 0.29) is 17.2 Å². The number of piperidine rings is 1. The summed E-state index contributed by atoms with van der Waals surface area (Å²) in [6.07, 6.45) is 11.6. The van der Waals surface area contributed by atoms with E-state index in [9.17, 15) is 14.4 Å². The Balaban J connectivity index is 1.80. The van der Waals surface area contributed by atoms with Crippen LogP contribution < -0.4 is 11.2 Å². The summed E-state index contributed by atoms with van der Waals surface area (Å²) in [5.74, 6) is 0.609. The van der Waals surface area contributed by atoms with Crippen LogP contribution in [0, 0.1) is 5.92 Å². The molecule has 2 atom stereocenters. The maximum atomic E-state index is 12.6. The van der Waals surface area contributed by atoms with Gasteiger partial charge in [0, 0.05) is 39.0 Å². The molecule has 0 N–H and O–H groups in total. The van der Waals surface area contributed by atoms with Crippen LogP contribution in [0.4, 0.5) is 0 Å². The second-order valence-electron chi connectivity index (χ2n) is 6.96. The summed E-state index contributed by atoms with van der Waals surface area (Å²) < 4.78 is 2.41. The molecule has 24 heavy (non-hydrogen) atoms. The van der Waals surface area contributed by atoms with Crippen molar-refractivity contribution in [2.75, 3.05) is 6.54 Å². The lowest BCUT2D eigenvalue weighted by Crippen LogP contribution is -2.49. The van der Waals surface area contributed by atoms with Gasteiger partial charge in [-0.15, -0.1) is 0 Å². The van der Waals surface area contributed by atoms with Crippen LogP contribution in [0.25, 0.3) is 6.08 Å². The zero-order valence-electron chi connectivity index (χ0n) is 14.4. The highest BCUT2D eigenvalue weighted by Crippen LogP contribution is 2.35. The maximum Gasteiger partial charge on any atom is 0.330 e. The van der Waals surface area contributed by atoms with Crippen molar-refractivity contribution in [2.45, 2.75) is 44.6 Å². The van der Waals surface area contributed by atoms with E-state index in [1.165, 1.54) is 55.6 Å². The molecule has 1 saturated heterocycles. The molecule has 0 aromatic carbocycles. The molecule has 1 aromatic rings. The fourth-order valence-electron chi connectivity index (χ4n) is 4.11. The van der Waals surface area contributed by atoms with Crippen molar-refractivity contribution >= 4 is 12.0 Å². The molecule has 2 fully saturated rings. The second kappa shape index (κ2) is 6.79. The van der Waals surface area contributed by atoms with Gasteiger partial charge in [0.1, 0.15) is 0 Å². The minimum Gasteiger partial charge on any atom is -0.336 e. The Morgan fingerprint density at radius 1 is 1.12 bits per heavy atom. The van der Waals surface area contributed by atoms with Gasteiger partial charge in [0.25, 0.3) is 5.56 Å². The van der Waals surface area contributed by atoms with E-state index in [0.29, 0.717) is 17.5 Å². The molecule has 1 amide bonds. The smallest absolute Gasteiger partial charge is 0.330 e. The predicted octanol–water partition coefficient (Wildman–Crippen LogP) is 1.28. The highest BCUT2D eigenvalue weighted by molar-refractivity contribution is 5.92. The van der Waals surface area contributed by atoms with Crippen molar-refractivity contribution in [1.82, 2.24) is 14.0 Å². The predicted molar refractivity (Wildman–Crippen MR) is 92.7 cm³/mol. The molecule has 6 heteroatoms. The molecule has 2 aliphatic rings. The molecular weight excluding hydrogens is 306 g/mol. The van der Waals surface area contributed by atoms with Gasteiger partial charge in [0.2, 0.25) is 5.91 Å². The van der Waals surface area contributed by atoms with Gasteiger partial charge in [-0.25, -0.2) is 4.79 Å². The van der Waals surface area contributed by atoms with Crippen molar-refractivity contribution in [2.24, 2.45) is 20.0 Å². The fourth-order valence-corrected chi connectivity index (χ4v) is 4.11. The van der Waals surface area contributed by atoms with Gasteiger partial charge in [-0.1, -0.05) is 12.8 Å². The van der Waals surface area contributed by atoms with Crippen LogP contribution in [0.2, 0.25) is 0 Å². The number of amides is 1. The third-order valence-corrected chi connectivity index (χ3v) is 5.40. The first-order chi connectivity index (χ1) is 11.5. The van der Waals surface area contributed by atoms with Crippen LogP contribution in [-0.2, 0) is 18.9 Å². The van der Waals surface area contributed by atoms with Gasteiger partial charge in [0.05, 0.1) is 5.56 Å². The van der Waals surface area contributed by atoms with E-state index in [0.717, 1.165) is 24.0 Å². The lowest BCUT2D eigenvalue weighted by Gasteiger charge is -2.43. The van der Waals surface area contributed by atoms with Crippen LogP contribution in [0.15, 0.2) is 21.9 Å². The maximum absolute atomic E-state index is 12.6. The zero-order valence-corrected chi connectivity index (χ0v) is 14.4. The quantitative estimate of drug-likeness (QED) is 0.767. The highest BCUT2D eigenvalue weighted by Gasteiger charge is 2.34. The standard InChI is InChI=1S/C18H25N3O3/c1-19-12-14(17(23)20(2)18(19)24)9-10-16(22)21-11-5-7-13-6-3-4-8-15(13)21/h9-10,12-13,15H,3-8,11H2,1-2H3. The van der Waals surface area contributed by atoms with Crippen molar-refractivity contribution in [1.29, 1.82) is 0 Å². The Morgan fingerprint density at radius 3 is 2.62 bits per heavy atom. The number of nitrogens with zero attached hydrogens (tertiary/aromatic N) is 3. The molecular formula is C18H25N3O3. The van der Waals surface area contributed by atoms with Gasteiger partial charge in [-0.05, 0) is 37.7 Å². The third kappa shape index (κ3) is 3.09. The van der Waals surface area contributed by atoms with E-state index >= 15 is 0 Å². The number of carbonyl (C=O) groups is 1. The Bertz CT molecular complexity index is 773. The lowest BCUT2D eigenvalue weighted by molar-refractivity contribution is -0.132. The molecule has 1 aliphatic heterocycles. The number of aromatic nitrogens is 2. The minimum atomic E-state index is -0.378. The minimum absolute atomic E-state index is 0.0255. The molecule has 2 heterocycles. The van der Waals surface area contributed by atoms with E-state index in [1.807, 2.05) is 4.90 Å². The van der Waals surface area contributed by atoms with E-state index < -0.39 is 0 Å². The van der Waals surface area contributed by atoms with Gasteiger partial charge >= 0.3 is 5.69 Å². The van der Waals surface area contributed by atoms with Crippen LogP contribution in [0.3, 0.4) is 0 Å². The topological polar surface area (TPSA) is 64.3 Å². The molecule has 3 rings (SSSR count). The molecule has 2 unspecified atom stereocenters. The van der Waals surface area contributed by atoms with Crippen molar-refractivity contribution in [3.05, 3.63) is 38.7 Å². The Labute approximate surface area is 141 Å². The first-order valence-corrected chi connectivity index (χ1v) is 8.74. The monoisotopic (exact) mass is 331 g/mol. The number of carbonyl (C=O) groups excluding carboxylic acids is 1. The van der Waals surface area contributed by atoms with Gasteiger partial charge < -0.3 is 9.47 Å². The Morgan fingerprint density at radius 2 is 1.83 bits per heavy atom. The second-order valence-corrected chi connectivity index (χ2v) is 6.96. The molecule has 1 saturated carbocycles. The van der Waals surface area contributed by atoms with Crippen LogP contribution in [-0.4, -0.2) is 32.5 Å². The molecule has 0 radical (unpaired) electrons. The summed E-state index contributed by atoms with van der Waals surface area (Å²) in [7, 11) is 3.04. The third-order valence-electron chi connectivity index (χ3n) is 5.40. The highest BCUT2D eigenvalue weighted by atomic mass is 16.2. The summed E-state index contributed by atoms with van der Waals surface area (Å²) in [5.41, 5.74) is -0.397. The zero-order chi connectivity index (χ0) is 17.3. The van der Waals surface area contributed by atoms with Crippen LogP contribution in [0.5, 0.6) is 0 Å². The van der Waals surface area contributed by atoms with E-state index in [2.05, 4.69) is 0 Å². The molecule has 1 aromatic heterocycles. The van der Waals surface area contributed by atoms with Crippen LogP contribution >= 0.6 is 0 Å². The average molecular weight is 331 g/mol. The number of hydrogen-bond acceptors (Lipinski definition) is 3. The largest absolute Gasteiger partial charge is 0.336 e. The fraction of sp³-hybridized carbons (Fsp3) is 0.611. The lowest BCUT2D eigenvalue weighted by atomic mass is 9.78. The van der Waals surface area contributed by atoms with E-state index in [1.54, 1.807) is 7.05 Å². The Hall–Kier alpha value is -2.11. The molecule has 0 bridgehead atoms. The van der Waals surface area contributed by atoms with Crippen molar-refractivity contribution in [3.8, 4) is 0 Å². The SMILES string of the molecule is Cn1cc(C=CC(=O)N2CCCC3CCCCC32)c(=O)n(C)c1=O. The summed E-state index contributed by atoms with van der Waals surface area (Å²) in [5, 5.41) is 0. The van der Waals surface area contributed by atoms with E-state index in [4.69, 9.17) is 0 Å². The Kier molecular flexibility index (Phi) is 4.73. The number of hydrogen-bond donors (Lipinski definition) is 0. The van der Waals surface area contributed by atoms with Gasteiger partial charge in [0.15, 0.2) is 0 Å².